The Morgan fingerprint density at radius 1 is 0.377 bits per heavy atom. The Morgan fingerprint density at radius 3 is 0.906 bits per heavy atom. The molecule has 0 saturated heterocycles. The summed E-state index contributed by atoms with van der Waals surface area (Å²) in [5, 5.41) is 32.2. The van der Waals surface area contributed by atoms with E-state index in [1.807, 2.05) is 130 Å². The van der Waals surface area contributed by atoms with E-state index in [9.17, 15) is 15.3 Å². The van der Waals surface area contributed by atoms with Crippen LogP contribution in [-0.4, -0.2) is 30.3 Å². The predicted octanol–water partition coefficient (Wildman–Crippen LogP) is 11.9. The SMILES string of the molecule is Cc1ccc(O)c(-c2nc3ccccc3s2)c1.Cc1ccc(O)c(-c2nc3ccccc3s2)c1.Cc1ccc(O)c(-c2nc3ccccc3s2)c1.[Zn].[Zn]. The first-order valence-electron chi connectivity index (χ1n) is 16.2. The van der Waals surface area contributed by atoms with Gasteiger partial charge in [-0.15, -0.1) is 34.0 Å². The van der Waals surface area contributed by atoms with Gasteiger partial charge in [-0.2, -0.15) is 0 Å². The number of rotatable bonds is 3. The number of aryl methyl sites for hydroxylation is 3. The Balaban J connectivity index is 0.000000150. The topological polar surface area (TPSA) is 99.4 Å². The molecule has 0 aliphatic carbocycles. The van der Waals surface area contributed by atoms with E-state index < -0.39 is 0 Å². The van der Waals surface area contributed by atoms with Crippen LogP contribution in [0.3, 0.4) is 0 Å². The minimum Gasteiger partial charge on any atom is -0.507 e. The second-order valence-electron chi connectivity index (χ2n) is 12.0. The second-order valence-corrected chi connectivity index (χ2v) is 15.1. The minimum atomic E-state index is 0. The van der Waals surface area contributed by atoms with E-state index in [1.165, 1.54) is 0 Å². The molecule has 0 aliphatic heterocycles. The van der Waals surface area contributed by atoms with Crippen LogP contribution >= 0.6 is 34.0 Å². The molecule has 9 rings (SSSR count). The standard InChI is InChI=1S/3C14H11NOS.2Zn/c3*1-9-6-7-12(16)10(8-9)14-15-11-4-2-3-5-13(11)17-14;;/h3*2-8,16H,1H3;;. The van der Waals surface area contributed by atoms with Crippen LogP contribution in [0.4, 0.5) is 0 Å². The fourth-order valence-corrected chi connectivity index (χ4v) is 8.40. The second kappa shape index (κ2) is 17.6. The zero-order valence-electron chi connectivity index (χ0n) is 29.4. The molecular formula is C42H33N3O3S3Zn2. The Kier molecular flexibility index (Phi) is 13.3. The zero-order valence-corrected chi connectivity index (χ0v) is 37.8. The molecule has 3 aromatic heterocycles. The third-order valence-electron chi connectivity index (χ3n) is 8.03. The Bertz CT molecular complexity index is 2260. The molecule has 0 aliphatic rings. The number of hydrogen-bond acceptors (Lipinski definition) is 9. The Morgan fingerprint density at radius 2 is 0.642 bits per heavy atom. The summed E-state index contributed by atoms with van der Waals surface area (Å²) in [6.45, 7) is 6.03. The number of phenolic OH excluding ortho intramolecular Hbond substituents is 3. The van der Waals surface area contributed by atoms with Gasteiger partial charge in [0.15, 0.2) is 0 Å². The maximum Gasteiger partial charge on any atom is 0.128 e. The number of para-hydroxylation sites is 3. The van der Waals surface area contributed by atoms with Crippen LogP contribution in [0.5, 0.6) is 17.2 Å². The molecule has 6 aromatic carbocycles. The monoisotopic (exact) mass is 851 g/mol. The summed E-state index contributed by atoms with van der Waals surface area (Å²) in [6, 6.07) is 40.8. The summed E-state index contributed by atoms with van der Waals surface area (Å²) in [6.07, 6.45) is 0. The van der Waals surface area contributed by atoms with Crippen molar-refractivity contribution in [3.05, 3.63) is 144 Å². The average molecular weight is 855 g/mol. The predicted molar refractivity (Wildman–Crippen MR) is 214 cm³/mol. The van der Waals surface area contributed by atoms with Crippen molar-refractivity contribution in [1.82, 2.24) is 15.0 Å². The maximum atomic E-state index is 9.88. The Labute approximate surface area is 345 Å². The first kappa shape index (κ1) is 39.8. The van der Waals surface area contributed by atoms with E-state index in [0.717, 1.165) is 79.1 Å². The number of hydrogen-bond donors (Lipinski definition) is 3. The number of benzene rings is 6. The molecule has 6 nitrogen and oxygen atoms in total. The number of thiazole rings is 3. The van der Waals surface area contributed by atoms with Crippen molar-refractivity contribution in [3.63, 3.8) is 0 Å². The molecule has 0 bridgehead atoms. The van der Waals surface area contributed by atoms with Crippen molar-refractivity contribution in [2.45, 2.75) is 20.8 Å². The molecule has 0 atom stereocenters. The molecule has 53 heavy (non-hydrogen) atoms. The first-order valence-corrected chi connectivity index (χ1v) is 18.6. The van der Waals surface area contributed by atoms with Crippen LogP contribution in [0.25, 0.3) is 62.4 Å². The van der Waals surface area contributed by atoms with Crippen LogP contribution in [0.15, 0.2) is 127 Å². The average Bonchev–Trinajstić information content (AvgIpc) is 3.88. The molecule has 3 N–H and O–H groups in total. The fourth-order valence-electron chi connectivity index (χ4n) is 5.43. The van der Waals surface area contributed by atoms with Gasteiger partial charge in [-0.1, -0.05) is 71.3 Å². The normalized spacial score (nSPS) is 10.5. The third-order valence-corrected chi connectivity index (χ3v) is 11.2. The molecule has 9 aromatic rings. The first-order chi connectivity index (χ1) is 24.7. The van der Waals surface area contributed by atoms with Crippen molar-refractivity contribution in [3.8, 4) is 49.0 Å². The minimum absolute atomic E-state index is 0. The summed E-state index contributed by atoms with van der Waals surface area (Å²) in [5.74, 6) is 0.860. The molecule has 11 heteroatoms. The summed E-state index contributed by atoms with van der Waals surface area (Å²) in [7, 11) is 0. The summed E-state index contributed by atoms with van der Waals surface area (Å²) >= 11 is 4.81. The summed E-state index contributed by atoms with van der Waals surface area (Å²) in [5.41, 5.74) is 8.74. The van der Waals surface area contributed by atoms with Crippen LogP contribution in [0.2, 0.25) is 0 Å². The Hall–Kier alpha value is -4.36. The molecule has 0 radical (unpaired) electrons. The van der Waals surface area contributed by atoms with Crippen LogP contribution in [0, 0.1) is 20.8 Å². The van der Waals surface area contributed by atoms with Gasteiger partial charge < -0.3 is 15.3 Å². The third kappa shape index (κ3) is 9.24. The van der Waals surface area contributed by atoms with Gasteiger partial charge in [-0.05, 0) is 93.6 Å². The van der Waals surface area contributed by atoms with Gasteiger partial charge in [0, 0.05) is 39.0 Å². The zero-order chi connectivity index (χ0) is 35.5. The van der Waals surface area contributed by atoms with E-state index in [1.54, 1.807) is 52.2 Å². The molecule has 0 amide bonds. The van der Waals surface area contributed by atoms with Crippen molar-refractivity contribution >= 4 is 64.7 Å². The number of aromatic hydroxyl groups is 3. The fraction of sp³-hybridized carbons (Fsp3) is 0.0714. The largest absolute Gasteiger partial charge is 0.507 e. The molecule has 0 unspecified atom stereocenters. The van der Waals surface area contributed by atoms with Gasteiger partial charge in [0.25, 0.3) is 0 Å². The maximum absolute atomic E-state index is 9.88. The van der Waals surface area contributed by atoms with E-state index in [-0.39, 0.29) is 56.2 Å². The van der Waals surface area contributed by atoms with Crippen LogP contribution < -0.4 is 0 Å². The molecule has 0 fully saturated rings. The number of aromatic nitrogens is 3. The van der Waals surface area contributed by atoms with Gasteiger partial charge in [-0.25, -0.2) is 15.0 Å². The van der Waals surface area contributed by atoms with Crippen molar-refractivity contribution in [2.24, 2.45) is 0 Å². The molecular weight excluding hydrogens is 821 g/mol. The molecule has 0 spiro atoms. The van der Waals surface area contributed by atoms with Gasteiger partial charge in [0.2, 0.25) is 0 Å². The van der Waals surface area contributed by atoms with Crippen LogP contribution in [-0.2, 0) is 39.0 Å². The van der Waals surface area contributed by atoms with E-state index in [0.29, 0.717) is 0 Å². The van der Waals surface area contributed by atoms with Gasteiger partial charge in [0.1, 0.15) is 32.3 Å². The smallest absolute Gasteiger partial charge is 0.128 e. The van der Waals surface area contributed by atoms with Gasteiger partial charge >= 0.3 is 0 Å². The molecule has 0 saturated carbocycles. The van der Waals surface area contributed by atoms with Crippen LogP contribution in [0.1, 0.15) is 16.7 Å². The van der Waals surface area contributed by atoms with Crippen molar-refractivity contribution in [1.29, 1.82) is 0 Å². The quantitative estimate of drug-likeness (QED) is 0.153. The van der Waals surface area contributed by atoms with Gasteiger partial charge in [-0.3, -0.25) is 0 Å². The summed E-state index contributed by atoms with van der Waals surface area (Å²) in [4.78, 5) is 13.6. The molecule has 3 heterocycles. The number of nitrogens with zero attached hydrogens (tertiary/aromatic N) is 3. The van der Waals surface area contributed by atoms with Crippen molar-refractivity contribution in [2.75, 3.05) is 0 Å². The molecule has 256 valence electrons. The van der Waals surface area contributed by atoms with Crippen molar-refractivity contribution < 1.29 is 54.3 Å². The number of phenols is 3. The van der Waals surface area contributed by atoms with E-state index >= 15 is 0 Å². The van der Waals surface area contributed by atoms with E-state index in [2.05, 4.69) is 15.0 Å². The van der Waals surface area contributed by atoms with Gasteiger partial charge in [0.05, 0.1) is 47.3 Å². The summed E-state index contributed by atoms with van der Waals surface area (Å²) < 4.78 is 3.43. The van der Waals surface area contributed by atoms with E-state index in [4.69, 9.17) is 0 Å². The number of fused-ring (bicyclic) bond motifs is 3.